The van der Waals surface area contributed by atoms with E-state index in [1.807, 2.05) is 0 Å². The van der Waals surface area contributed by atoms with Gasteiger partial charge in [-0.2, -0.15) is 18.3 Å². The van der Waals surface area contributed by atoms with Crippen LogP contribution in [0.2, 0.25) is 0 Å². The number of hydrogen-bond donors (Lipinski definition) is 1. The maximum atomic E-state index is 13.4. The molecule has 1 N–H and O–H groups in total. The number of alkyl carbamates (subject to hydrolysis) is 1. The Morgan fingerprint density at radius 2 is 1.62 bits per heavy atom. The lowest BCUT2D eigenvalue weighted by atomic mass is 10.1. The van der Waals surface area contributed by atoms with Gasteiger partial charge in [0.15, 0.2) is 5.69 Å². The van der Waals surface area contributed by atoms with E-state index in [-0.39, 0.29) is 18.8 Å². The Kier molecular flexibility index (Phi) is 7.38. The van der Waals surface area contributed by atoms with Crippen LogP contribution in [0.1, 0.15) is 26.5 Å². The Hall–Kier alpha value is -3.69. The Morgan fingerprint density at radius 1 is 1.00 bits per heavy atom. The molecule has 0 radical (unpaired) electrons. The van der Waals surface area contributed by atoms with Gasteiger partial charge in [-0.15, -0.1) is 0 Å². The normalized spacial score (nSPS) is 11.7. The minimum Gasteiger partial charge on any atom is -0.497 e. The van der Waals surface area contributed by atoms with Crippen LogP contribution in [-0.4, -0.2) is 41.7 Å². The third-order valence-corrected chi connectivity index (χ3v) is 4.51. The van der Waals surface area contributed by atoms with Gasteiger partial charge >= 0.3 is 12.3 Å². The summed E-state index contributed by atoms with van der Waals surface area (Å²) in [6, 6.07) is 14.1. The van der Waals surface area contributed by atoms with E-state index in [2.05, 4.69) is 10.4 Å². The molecular formula is C24H26F3N3O4. The van der Waals surface area contributed by atoms with Gasteiger partial charge in [0.05, 0.1) is 25.0 Å². The zero-order valence-electron chi connectivity index (χ0n) is 19.3. The van der Waals surface area contributed by atoms with Crippen LogP contribution >= 0.6 is 0 Å². The number of aromatic nitrogens is 2. The third kappa shape index (κ3) is 6.66. The van der Waals surface area contributed by atoms with Crippen molar-refractivity contribution in [2.45, 2.75) is 32.5 Å². The molecule has 0 aliphatic heterocycles. The molecular weight excluding hydrogens is 451 g/mol. The summed E-state index contributed by atoms with van der Waals surface area (Å²) in [4.78, 5) is 11.6. The third-order valence-electron chi connectivity index (χ3n) is 4.51. The standard InChI is InChI=1S/C24H26F3N3O4/c1-23(2,3)34-22(31)28-13-14-33-19-11-7-17(8-12-19)30-20(15-21(29-30)24(25,26)27)16-5-9-18(32-4)10-6-16/h5-12,15H,13-14H2,1-4H3,(H,28,31). The molecule has 1 heterocycles. The summed E-state index contributed by atoms with van der Waals surface area (Å²) >= 11 is 0. The number of hydrogen-bond acceptors (Lipinski definition) is 5. The van der Waals surface area contributed by atoms with Crippen molar-refractivity contribution in [2.24, 2.45) is 0 Å². The summed E-state index contributed by atoms with van der Waals surface area (Å²) < 4.78 is 57.2. The van der Waals surface area contributed by atoms with Crippen molar-refractivity contribution in [1.29, 1.82) is 0 Å². The Bertz CT molecular complexity index is 1100. The van der Waals surface area contributed by atoms with Crippen LogP contribution in [0.5, 0.6) is 11.5 Å². The van der Waals surface area contributed by atoms with Gasteiger partial charge in [0.25, 0.3) is 0 Å². The molecule has 34 heavy (non-hydrogen) atoms. The number of nitrogens with zero attached hydrogens (tertiary/aromatic N) is 2. The van der Waals surface area contributed by atoms with Crippen LogP contribution in [0.4, 0.5) is 18.0 Å². The number of methoxy groups -OCH3 is 1. The second-order valence-electron chi connectivity index (χ2n) is 8.32. The van der Waals surface area contributed by atoms with Crippen molar-refractivity contribution < 1.29 is 32.2 Å². The van der Waals surface area contributed by atoms with Gasteiger partial charge in [-0.05, 0) is 75.4 Å². The van der Waals surface area contributed by atoms with Crippen molar-refractivity contribution in [1.82, 2.24) is 15.1 Å². The zero-order chi connectivity index (χ0) is 24.9. The number of ether oxygens (including phenoxy) is 3. The smallest absolute Gasteiger partial charge is 0.435 e. The summed E-state index contributed by atoms with van der Waals surface area (Å²) in [6.07, 6.45) is -5.13. The molecule has 2 aromatic carbocycles. The molecule has 0 saturated heterocycles. The topological polar surface area (TPSA) is 74.6 Å². The molecule has 0 spiro atoms. The predicted molar refractivity (Wildman–Crippen MR) is 120 cm³/mol. The summed E-state index contributed by atoms with van der Waals surface area (Å²) in [5.41, 5.74) is -0.320. The van der Waals surface area contributed by atoms with Gasteiger partial charge in [-0.25, -0.2) is 9.48 Å². The number of carbonyl (C=O) groups is 1. The first-order valence-corrected chi connectivity index (χ1v) is 10.5. The van der Waals surface area contributed by atoms with Crippen molar-refractivity contribution in [3.8, 4) is 28.4 Å². The maximum Gasteiger partial charge on any atom is 0.435 e. The van der Waals surface area contributed by atoms with Gasteiger partial charge in [0, 0.05) is 5.56 Å². The molecule has 3 aromatic rings. The van der Waals surface area contributed by atoms with Crippen molar-refractivity contribution in [2.75, 3.05) is 20.3 Å². The second kappa shape index (κ2) is 10.1. The molecule has 0 bridgehead atoms. The zero-order valence-corrected chi connectivity index (χ0v) is 19.3. The fourth-order valence-electron chi connectivity index (χ4n) is 3.00. The molecule has 0 atom stereocenters. The lowest BCUT2D eigenvalue weighted by molar-refractivity contribution is -0.141. The van der Waals surface area contributed by atoms with Crippen LogP contribution in [0.3, 0.4) is 0 Å². The minimum atomic E-state index is -4.59. The van der Waals surface area contributed by atoms with Gasteiger partial charge in [-0.3, -0.25) is 0 Å². The molecule has 1 aromatic heterocycles. The molecule has 0 saturated carbocycles. The number of halogens is 3. The quantitative estimate of drug-likeness (QED) is 0.457. The number of alkyl halides is 3. The fourth-order valence-corrected chi connectivity index (χ4v) is 3.00. The summed E-state index contributed by atoms with van der Waals surface area (Å²) in [7, 11) is 1.51. The van der Waals surface area contributed by atoms with Crippen LogP contribution < -0.4 is 14.8 Å². The lowest BCUT2D eigenvalue weighted by Gasteiger charge is -2.19. The highest BCUT2D eigenvalue weighted by atomic mass is 19.4. The van der Waals surface area contributed by atoms with Crippen LogP contribution in [0.15, 0.2) is 54.6 Å². The van der Waals surface area contributed by atoms with Gasteiger partial charge < -0.3 is 19.5 Å². The van der Waals surface area contributed by atoms with E-state index in [1.54, 1.807) is 69.3 Å². The van der Waals surface area contributed by atoms with Crippen molar-refractivity contribution in [3.63, 3.8) is 0 Å². The van der Waals surface area contributed by atoms with Crippen molar-refractivity contribution >= 4 is 6.09 Å². The Balaban J connectivity index is 1.73. The first kappa shape index (κ1) is 24.9. The average Bonchev–Trinajstić information content (AvgIpc) is 3.22. The van der Waals surface area contributed by atoms with Gasteiger partial charge in [-0.1, -0.05) is 0 Å². The number of nitrogens with one attached hydrogen (secondary N) is 1. The van der Waals surface area contributed by atoms with Crippen LogP contribution in [0.25, 0.3) is 16.9 Å². The first-order chi connectivity index (χ1) is 16.0. The molecule has 0 fully saturated rings. The Morgan fingerprint density at radius 3 is 2.18 bits per heavy atom. The minimum absolute atomic E-state index is 0.190. The molecule has 7 nitrogen and oxygen atoms in total. The van der Waals surface area contributed by atoms with E-state index in [0.717, 1.165) is 6.07 Å². The van der Waals surface area contributed by atoms with E-state index >= 15 is 0 Å². The highest BCUT2D eigenvalue weighted by Crippen LogP contribution is 2.34. The van der Waals surface area contributed by atoms with E-state index in [0.29, 0.717) is 22.7 Å². The molecule has 0 aliphatic carbocycles. The monoisotopic (exact) mass is 477 g/mol. The van der Waals surface area contributed by atoms with E-state index < -0.39 is 23.6 Å². The fraction of sp³-hybridized carbons (Fsp3) is 0.333. The summed E-state index contributed by atoms with van der Waals surface area (Å²) in [6.45, 7) is 5.72. The van der Waals surface area contributed by atoms with Gasteiger partial charge in [0.2, 0.25) is 0 Å². The SMILES string of the molecule is COc1ccc(-c2cc(C(F)(F)F)nn2-c2ccc(OCCNC(=O)OC(C)(C)C)cc2)cc1. The Labute approximate surface area is 195 Å². The summed E-state index contributed by atoms with van der Waals surface area (Å²) in [5.74, 6) is 1.08. The maximum absolute atomic E-state index is 13.4. The second-order valence-corrected chi connectivity index (χ2v) is 8.32. The highest BCUT2D eigenvalue weighted by molar-refractivity contribution is 5.67. The summed E-state index contributed by atoms with van der Waals surface area (Å²) in [5, 5.41) is 6.36. The molecule has 0 aliphatic rings. The van der Waals surface area contributed by atoms with Gasteiger partial charge in [0.1, 0.15) is 23.7 Å². The predicted octanol–water partition coefficient (Wildman–Crippen LogP) is 5.47. The molecule has 0 unspecified atom stereocenters. The van der Waals surface area contributed by atoms with E-state index in [1.165, 1.54) is 11.8 Å². The molecule has 3 rings (SSSR count). The van der Waals surface area contributed by atoms with Crippen molar-refractivity contribution in [3.05, 3.63) is 60.3 Å². The number of carbonyl (C=O) groups excluding carboxylic acids is 1. The van der Waals surface area contributed by atoms with Crippen LogP contribution in [-0.2, 0) is 10.9 Å². The molecule has 1 amide bonds. The van der Waals surface area contributed by atoms with E-state index in [9.17, 15) is 18.0 Å². The average molecular weight is 477 g/mol. The largest absolute Gasteiger partial charge is 0.497 e. The van der Waals surface area contributed by atoms with E-state index in [4.69, 9.17) is 14.2 Å². The number of amides is 1. The molecule has 182 valence electrons. The first-order valence-electron chi connectivity index (χ1n) is 10.5. The lowest BCUT2D eigenvalue weighted by Crippen LogP contribution is -2.34. The highest BCUT2D eigenvalue weighted by Gasteiger charge is 2.35. The number of rotatable bonds is 7. The van der Waals surface area contributed by atoms with Crippen LogP contribution in [0, 0.1) is 0 Å². The number of benzene rings is 2. The molecule has 10 heteroatoms.